The summed E-state index contributed by atoms with van der Waals surface area (Å²) >= 11 is 1.28. The molecule has 0 spiro atoms. The van der Waals surface area contributed by atoms with Crippen molar-refractivity contribution in [3.8, 4) is 0 Å². The van der Waals surface area contributed by atoms with Gasteiger partial charge < -0.3 is 10.1 Å². The Kier molecular flexibility index (Phi) is 7.83. The van der Waals surface area contributed by atoms with Gasteiger partial charge in [-0.15, -0.1) is 11.3 Å². The van der Waals surface area contributed by atoms with Crippen LogP contribution in [0.1, 0.15) is 32.8 Å². The predicted octanol–water partition coefficient (Wildman–Crippen LogP) is 2.29. The molecule has 1 heterocycles. The SMILES string of the molecule is CCCNCc1csc(S(=O)(=O)N(CC)C(C)COC)c1. The summed E-state index contributed by atoms with van der Waals surface area (Å²) in [6.07, 6.45) is 1.06. The molecule has 7 heteroatoms. The minimum atomic E-state index is -3.44. The fourth-order valence-electron chi connectivity index (χ4n) is 2.15. The van der Waals surface area contributed by atoms with Gasteiger partial charge in [0.1, 0.15) is 4.21 Å². The van der Waals surface area contributed by atoms with E-state index < -0.39 is 10.0 Å². The molecule has 21 heavy (non-hydrogen) atoms. The van der Waals surface area contributed by atoms with Gasteiger partial charge in [-0.2, -0.15) is 4.31 Å². The number of hydrogen-bond donors (Lipinski definition) is 1. The molecule has 0 radical (unpaired) electrons. The van der Waals surface area contributed by atoms with Crippen LogP contribution < -0.4 is 5.32 Å². The van der Waals surface area contributed by atoms with Crippen LogP contribution in [0.4, 0.5) is 0 Å². The number of likely N-dealkylation sites (N-methyl/N-ethyl adjacent to an activating group) is 1. The maximum absolute atomic E-state index is 12.7. The highest BCUT2D eigenvalue weighted by molar-refractivity contribution is 7.91. The van der Waals surface area contributed by atoms with E-state index in [0.29, 0.717) is 23.9 Å². The van der Waals surface area contributed by atoms with Crippen molar-refractivity contribution in [1.82, 2.24) is 9.62 Å². The Labute approximate surface area is 132 Å². The minimum absolute atomic E-state index is 0.172. The Balaban J connectivity index is 2.85. The van der Waals surface area contributed by atoms with Crippen LogP contribution in [0.5, 0.6) is 0 Å². The maximum atomic E-state index is 12.7. The average Bonchev–Trinajstić information content (AvgIpc) is 2.89. The van der Waals surface area contributed by atoms with Gasteiger partial charge in [0.25, 0.3) is 10.0 Å². The zero-order valence-corrected chi connectivity index (χ0v) is 14.9. The second kappa shape index (κ2) is 8.85. The van der Waals surface area contributed by atoms with Gasteiger partial charge in [0.15, 0.2) is 0 Å². The van der Waals surface area contributed by atoms with E-state index >= 15 is 0 Å². The second-order valence-electron chi connectivity index (χ2n) is 4.96. The van der Waals surface area contributed by atoms with Gasteiger partial charge in [-0.3, -0.25) is 0 Å². The molecule has 0 fully saturated rings. The van der Waals surface area contributed by atoms with E-state index in [1.807, 2.05) is 19.2 Å². The van der Waals surface area contributed by atoms with Gasteiger partial charge in [-0.05, 0) is 36.9 Å². The number of rotatable bonds is 10. The lowest BCUT2D eigenvalue weighted by atomic mass is 10.3. The molecule has 1 aromatic heterocycles. The van der Waals surface area contributed by atoms with Crippen molar-refractivity contribution in [1.29, 1.82) is 0 Å². The first-order valence-electron chi connectivity index (χ1n) is 7.26. The summed E-state index contributed by atoms with van der Waals surface area (Å²) in [5, 5.41) is 5.19. The van der Waals surface area contributed by atoms with Gasteiger partial charge in [-0.25, -0.2) is 8.42 Å². The minimum Gasteiger partial charge on any atom is -0.383 e. The molecular weight excluding hydrogens is 308 g/mol. The first kappa shape index (κ1) is 18.6. The van der Waals surface area contributed by atoms with Crippen LogP contribution in [0.25, 0.3) is 0 Å². The number of ether oxygens (including phenoxy) is 1. The van der Waals surface area contributed by atoms with Crippen molar-refractivity contribution in [2.45, 2.75) is 44.0 Å². The molecule has 0 saturated carbocycles. The lowest BCUT2D eigenvalue weighted by Gasteiger charge is -2.25. The molecule has 1 atom stereocenters. The highest BCUT2D eigenvalue weighted by Gasteiger charge is 2.28. The Morgan fingerprint density at radius 3 is 2.71 bits per heavy atom. The fraction of sp³-hybridized carbons (Fsp3) is 0.714. The van der Waals surface area contributed by atoms with Gasteiger partial charge in [0.05, 0.1) is 6.61 Å². The Hall–Kier alpha value is -0.470. The van der Waals surface area contributed by atoms with Crippen LogP contribution in [-0.2, 0) is 21.3 Å². The molecule has 0 aliphatic heterocycles. The van der Waals surface area contributed by atoms with Crippen LogP contribution in [0, 0.1) is 0 Å². The molecular formula is C14H26N2O3S2. The second-order valence-corrected chi connectivity index (χ2v) is 7.99. The summed E-state index contributed by atoms with van der Waals surface area (Å²) in [6.45, 7) is 8.29. The standard InChI is InChI=1S/C14H26N2O3S2/c1-5-7-15-9-13-8-14(20-11-13)21(17,18)16(6-2)12(3)10-19-4/h8,11-12,15H,5-7,9-10H2,1-4H3. The van der Waals surface area contributed by atoms with E-state index in [-0.39, 0.29) is 6.04 Å². The zero-order chi connectivity index (χ0) is 15.9. The average molecular weight is 335 g/mol. The summed E-state index contributed by atoms with van der Waals surface area (Å²) < 4.78 is 32.3. The van der Waals surface area contributed by atoms with E-state index in [1.54, 1.807) is 13.2 Å². The zero-order valence-electron chi connectivity index (χ0n) is 13.3. The van der Waals surface area contributed by atoms with E-state index in [2.05, 4.69) is 12.2 Å². The molecule has 122 valence electrons. The monoisotopic (exact) mass is 334 g/mol. The number of nitrogens with one attached hydrogen (secondary N) is 1. The van der Waals surface area contributed by atoms with Crippen molar-refractivity contribution in [3.05, 3.63) is 17.0 Å². The van der Waals surface area contributed by atoms with Crippen LogP contribution >= 0.6 is 11.3 Å². The molecule has 0 saturated heterocycles. The third-order valence-corrected chi connectivity index (χ3v) is 6.71. The largest absolute Gasteiger partial charge is 0.383 e. The van der Waals surface area contributed by atoms with Crippen molar-refractivity contribution in [3.63, 3.8) is 0 Å². The third kappa shape index (κ3) is 5.03. The molecule has 0 aromatic carbocycles. The molecule has 1 N–H and O–H groups in total. The maximum Gasteiger partial charge on any atom is 0.252 e. The molecule has 1 rings (SSSR count). The van der Waals surface area contributed by atoms with E-state index in [4.69, 9.17) is 4.74 Å². The summed E-state index contributed by atoms with van der Waals surface area (Å²) in [7, 11) is -1.86. The van der Waals surface area contributed by atoms with E-state index in [9.17, 15) is 8.42 Å². The molecule has 0 aliphatic carbocycles. The molecule has 0 amide bonds. The number of methoxy groups -OCH3 is 1. The van der Waals surface area contributed by atoms with Gasteiger partial charge in [0, 0.05) is 26.2 Å². The van der Waals surface area contributed by atoms with E-state index in [1.165, 1.54) is 15.6 Å². The fourth-order valence-corrected chi connectivity index (χ4v) is 5.11. The molecule has 5 nitrogen and oxygen atoms in total. The highest BCUT2D eigenvalue weighted by Crippen LogP contribution is 2.25. The molecule has 1 unspecified atom stereocenters. The number of thiophene rings is 1. The topological polar surface area (TPSA) is 58.6 Å². The summed E-state index contributed by atoms with van der Waals surface area (Å²) in [5.41, 5.74) is 1.02. The Morgan fingerprint density at radius 1 is 1.43 bits per heavy atom. The van der Waals surface area contributed by atoms with Crippen molar-refractivity contribution in [2.24, 2.45) is 0 Å². The lowest BCUT2D eigenvalue weighted by Crippen LogP contribution is -2.40. The quantitative estimate of drug-likeness (QED) is 0.667. The molecule has 1 aromatic rings. The summed E-state index contributed by atoms with van der Waals surface area (Å²) in [5.74, 6) is 0. The molecule has 0 aliphatic rings. The Bertz CT molecular complexity index is 514. The first-order chi connectivity index (χ1) is 9.97. The normalized spacial score (nSPS) is 13.8. The van der Waals surface area contributed by atoms with E-state index in [0.717, 1.165) is 18.5 Å². The number of sulfonamides is 1. The lowest BCUT2D eigenvalue weighted by molar-refractivity contribution is 0.143. The van der Waals surface area contributed by atoms with Crippen LogP contribution in [0.3, 0.4) is 0 Å². The predicted molar refractivity (Wildman–Crippen MR) is 87.2 cm³/mol. The number of hydrogen-bond acceptors (Lipinski definition) is 5. The van der Waals surface area contributed by atoms with Gasteiger partial charge >= 0.3 is 0 Å². The van der Waals surface area contributed by atoms with Crippen molar-refractivity contribution < 1.29 is 13.2 Å². The van der Waals surface area contributed by atoms with Gasteiger partial charge in [0.2, 0.25) is 0 Å². The summed E-state index contributed by atoms with van der Waals surface area (Å²) in [6, 6.07) is 1.60. The molecule has 0 bridgehead atoms. The summed E-state index contributed by atoms with van der Waals surface area (Å²) in [4.78, 5) is 0. The van der Waals surface area contributed by atoms with Crippen molar-refractivity contribution >= 4 is 21.4 Å². The van der Waals surface area contributed by atoms with Crippen molar-refractivity contribution in [2.75, 3.05) is 26.8 Å². The highest BCUT2D eigenvalue weighted by atomic mass is 32.2. The number of nitrogens with zero attached hydrogens (tertiary/aromatic N) is 1. The first-order valence-corrected chi connectivity index (χ1v) is 9.58. The Morgan fingerprint density at radius 2 is 2.14 bits per heavy atom. The third-order valence-electron chi connectivity index (χ3n) is 3.16. The smallest absolute Gasteiger partial charge is 0.252 e. The van der Waals surface area contributed by atoms with Crippen LogP contribution in [0.15, 0.2) is 15.7 Å². The van der Waals surface area contributed by atoms with Crippen LogP contribution in [-0.4, -0.2) is 45.6 Å². The van der Waals surface area contributed by atoms with Gasteiger partial charge in [-0.1, -0.05) is 13.8 Å². The van der Waals surface area contributed by atoms with Crippen LogP contribution in [0.2, 0.25) is 0 Å².